The number of amides is 2. The molecule has 2 heterocycles. The molecule has 0 radical (unpaired) electrons. The quantitative estimate of drug-likeness (QED) is 0.673. The molecule has 2 amide bonds. The number of sulfonamides is 1. The van der Waals surface area contributed by atoms with Crippen LogP contribution < -0.4 is 10.0 Å². The van der Waals surface area contributed by atoms with E-state index in [1.54, 1.807) is 11.8 Å². The molecule has 3 rings (SSSR count). The Hall–Kier alpha value is -2.43. The van der Waals surface area contributed by atoms with Crippen LogP contribution in [0.25, 0.3) is 0 Å². The van der Waals surface area contributed by atoms with Gasteiger partial charge in [-0.1, -0.05) is 6.07 Å². The van der Waals surface area contributed by atoms with Crippen LogP contribution in [0.5, 0.6) is 0 Å². The number of hydrogen-bond acceptors (Lipinski definition) is 6. The van der Waals surface area contributed by atoms with Gasteiger partial charge in [-0.25, -0.2) is 17.9 Å². The van der Waals surface area contributed by atoms with E-state index in [9.17, 15) is 18.0 Å². The van der Waals surface area contributed by atoms with Gasteiger partial charge in [0.05, 0.1) is 11.5 Å². The molecule has 2 aromatic rings. The monoisotopic (exact) mass is 451 g/mol. The third-order valence-corrected chi connectivity index (χ3v) is 7.03. The van der Waals surface area contributed by atoms with Crippen molar-refractivity contribution in [1.82, 2.24) is 14.9 Å². The van der Waals surface area contributed by atoms with E-state index in [1.165, 1.54) is 35.6 Å². The smallest absolute Gasteiger partial charge is 0.407 e. The molecule has 1 aliphatic rings. The van der Waals surface area contributed by atoms with Crippen LogP contribution in [0.15, 0.2) is 46.7 Å². The minimum atomic E-state index is -3.66. The second-order valence-electron chi connectivity index (χ2n) is 6.88. The zero-order valence-corrected chi connectivity index (χ0v) is 18.3. The highest BCUT2D eigenvalue weighted by molar-refractivity contribution is 7.89. The summed E-state index contributed by atoms with van der Waals surface area (Å²) in [5, 5.41) is 4.66. The fraction of sp³-hybridized carbons (Fsp3) is 0.400. The summed E-state index contributed by atoms with van der Waals surface area (Å²) in [6.07, 6.45) is 1.05. The maximum Gasteiger partial charge on any atom is 0.407 e. The van der Waals surface area contributed by atoms with Crippen LogP contribution in [-0.4, -0.2) is 51.1 Å². The summed E-state index contributed by atoms with van der Waals surface area (Å²) in [7, 11) is -3.66. The number of benzene rings is 1. The van der Waals surface area contributed by atoms with E-state index < -0.39 is 16.1 Å². The van der Waals surface area contributed by atoms with Gasteiger partial charge in [-0.2, -0.15) is 0 Å². The number of likely N-dealkylation sites (tertiary alicyclic amines) is 1. The fourth-order valence-corrected chi connectivity index (χ4v) is 4.98. The molecule has 0 bridgehead atoms. The minimum Gasteiger partial charge on any atom is -0.450 e. The molecule has 1 aromatic heterocycles. The van der Waals surface area contributed by atoms with Gasteiger partial charge in [0.1, 0.15) is 0 Å². The van der Waals surface area contributed by atoms with Crippen molar-refractivity contribution in [1.29, 1.82) is 0 Å². The molecular weight excluding hydrogens is 426 g/mol. The second kappa shape index (κ2) is 10.1. The molecular formula is C20H25N3O5S2. The number of hydrogen-bond donors (Lipinski definition) is 2. The van der Waals surface area contributed by atoms with Crippen molar-refractivity contribution in [2.24, 2.45) is 0 Å². The third kappa shape index (κ3) is 5.80. The van der Waals surface area contributed by atoms with Crippen LogP contribution in [0.2, 0.25) is 0 Å². The Kier molecular flexibility index (Phi) is 7.46. The standard InChI is InChI=1S/C20H25N3O5S2/c1-2-28-20(25)22-16-5-3-11-23(14-16)19(24)15-7-9-18(10-8-15)30(26,27)21-13-17-6-4-12-29-17/h4,6-10,12,16,21H,2-3,5,11,13-14H2,1H3,(H,22,25). The highest BCUT2D eigenvalue weighted by atomic mass is 32.2. The first-order valence-corrected chi connectivity index (χ1v) is 12.1. The summed E-state index contributed by atoms with van der Waals surface area (Å²) in [5.41, 5.74) is 0.406. The fourth-order valence-electron chi connectivity index (χ4n) is 3.24. The number of ether oxygens (including phenoxy) is 1. The highest BCUT2D eigenvalue weighted by Gasteiger charge is 2.26. The SMILES string of the molecule is CCOC(=O)NC1CCCN(C(=O)c2ccc(S(=O)(=O)NCc3cccs3)cc2)C1. The molecule has 1 aromatic carbocycles. The molecule has 0 spiro atoms. The van der Waals surface area contributed by atoms with E-state index in [1.807, 2.05) is 17.5 Å². The normalized spacial score (nSPS) is 16.8. The van der Waals surface area contributed by atoms with E-state index in [2.05, 4.69) is 10.0 Å². The molecule has 0 aliphatic carbocycles. The lowest BCUT2D eigenvalue weighted by atomic mass is 10.0. The van der Waals surface area contributed by atoms with Gasteiger partial charge in [-0.15, -0.1) is 11.3 Å². The van der Waals surface area contributed by atoms with Gasteiger partial charge in [0.25, 0.3) is 5.91 Å². The van der Waals surface area contributed by atoms with Crippen molar-refractivity contribution >= 4 is 33.4 Å². The Morgan fingerprint density at radius 2 is 2.00 bits per heavy atom. The van der Waals surface area contributed by atoms with Crippen molar-refractivity contribution in [2.75, 3.05) is 19.7 Å². The number of rotatable bonds is 7. The van der Waals surface area contributed by atoms with Crippen molar-refractivity contribution in [3.8, 4) is 0 Å². The van der Waals surface area contributed by atoms with Gasteiger partial charge >= 0.3 is 6.09 Å². The summed E-state index contributed by atoms with van der Waals surface area (Å²) in [4.78, 5) is 27.1. The summed E-state index contributed by atoms with van der Waals surface area (Å²) in [6, 6.07) is 9.46. The van der Waals surface area contributed by atoms with Crippen LogP contribution in [0, 0.1) is 0 Å². The van der Waals surface area contributed by atoms with Crippen LogP contribution in [0.1, 0.15) is 35.0 Å². The van der Waals surface area contributed by atoms with Crippen LogP contribution in [0.3, 0.4) is 0 Å². The summed E-state index contributed by atoms with van der Waals surface area (Å²) < 4.78 is 32.4. The topological polar surface area (TPSA) is 105 Å². The Balaban J connectivity index is 1.60. The summed E-state index contributed by atoms with van der Waals surface area (Å²) >= 11 is 1.48. The zero-order chi connectivity index (χ0) is 21.6. The third-order valence-electron chi connectivity index (χ3n) is 4.73. The molecule has 1 unspecified atom stereocenters. The van der Waals surface area contributed by atoms with Crippen LogP contribution in [0.4, 0.5) is 4.79 Å². The maximum absolute atomic E-state index is 12.8. The van der Waals surface area contributed by atoms with E-state index in [4.69, 9.17) is 4.74 Å². The van der Waals surface area contributed by atoms with E-state index in [0.29, 0.717) is 25.3 Å². The summed E-state index contributed by atoms with van der Waals surface area (Å²) in [5.74, 6) is -0.194. The Morgan fingerprint density at radius 1 is 1.23 bits per heavy atom. The number of thiophene rings is 1. The van der Waals surface area contributed by atoms with Gasteiger partial charge in [0.15, 0.2) is 0 Å². The molecule has 8 nitrogen and oxygen atoms in total. The Morgan fingerprint density at radius 3 is 2.67 bits per heavy atom. The van der Waals surface area contributed by atoms with Crippen molar-refractivity contribution in [3.05, 3.63) is 52.2 Å². The summed E-state index contributed by atoms with van der Waals surface area (Å²) in [6.45, 7) is 3.22. The highest BCUT2D eigenvalue weighted by Crippen LogP contribution is 2.17. The van der Waals surface area contributed by atoms with Crippen molar-refractivity contribution < 1.29 is 22.7 Å². The van der Waals surface area contributed by atoms with E-state index >= 15 is 0 Å². The van der Waals surface area contributed by atoms with Gasteiger partial charge in [0, 0.05) is 36.1 Å². The van der Waals surface area contributed by atoms with Crippen LogP contribution >= 0.6 is 11.3 Å². The Bertz CT molecular complexity index is 959. The Labute approximate surface area is 180 Å². The minimum absolute atomic E-state index is 0.108. The lowest BCUT2D eigenvalue weighted by molar-refractivity contribution is 0.0686. The average Bonchev–Trinajstić information content (AvgIpc) is 3.26. The predicted octanol–water partition coefficient (Wildman–Crippen LogP) is 2.58. The molecule has 30 heavy (non-hydrogen) atoms. The van der Waals surface area contributed by atoms with Crippen molar-refractivity contribution in [3.63, 3.8) is 0 Å². The van der Waals surface area contributed by atoms with Gasteiger partial charge in [-0.3, -0.25) is 4.79 Å². The molecule has 2 N–H and O–H groups in total. The molecule has 10 heteroatoms. The first-order valence-electron chi connectivity index (χ1n) is 9.73. The number of carbonyl (C=O) groups is 2. The van der Waals surface area contributed by atoms with Gasteiger partial charge in [0.2, 0.25) is 10.0 Å². The average molecular weight is 452 g/mol. The zero-order valence-electron chi connectivity index (χ0n) is 16.7. The first kappa shape index (κ1) is 22.3. The van der Waals surface area contributed by atoms with Gasteiger partial charge < -0.3 is 15.0 Å². The van der Waals surface area contributed by atoms with Crippen molar-refractivity contribution in [2.45, 2.75) is 37.2 Å². The molecule has 1 atom stereocenters. The molecule has 162 valence electrons. The lowest BCUT2D eigenvalue weighted by Crippen LogP contribution is -2.49. The number of nitrogens with one attached hydrogen (secondary N) is 2. The molecule has 1 saturated heterocycles. The number of alkyl carbamates (subject to hydrolysis) is 1. The predicted molar refractivity (Wildman–Crippen MR) is 114 cm³/mol. The maximum atomic E-state index is 12.8. The molecule has 1 fully saturated rings. The van der Waals surface area contributed by atoms with Gasteiger partial charge in [-0.05, 0) is 55.5 Å². The molecule has 1 aliphatic heterocycles. The second-order valence-corrected chi connectivity index (χ2v) is 9.68. The number of carbonyl (C=O) groups excluding carboxylic acids is 2. The van der Waals surface area contributed by atoms with E-state index in [-0.39, 0.29) is 23.4 Å². The number of nitrogens with zero attached hydrogens (tertiary/aromatic N) is 1. The van der Waals surface area contributed by atoms with E-state index in [0.717, 1.165) is 17.7 Å². The molecule has 0 saturated carbocycles. The van der Waals surface area contributed by atoms with Crippen LogP contribution in [-0.2, 0) is 21.3 Å². The number of piperidine rings is 1. The first-order chi connectivity index (χ1) is 14.4. The largest absolute Gasteiger partial charge is 0.450 e. The lowest BCUT2D eigenvalue weighted by Gasteiger charge is -2.33.